The van der Waals surface area contributed by atoms with Crippen molar-refractivity contribution >= 4 is 16.0 Å². The van der Waals surface area contributed by atoms with E-state index in [1.165, 1.54) is 0 Å². The summed E-state index contributed by atoms with van der Waals surface area (Å²) < 4.78 is 31.0. The van der Waals surface area contributed by atoms with Gasteiger partial charge in [0.1, 0.15) is 5.56 Å². The lowest BCUT2D eigenvalue weighted by Gasteiger charge is -2.06. The minimum absolute atomic E-state index is 0.0825. The Labute approximate surface area is 106 Å². The SMILES string of the molecule is CCCCNS(=O)(=O)c1[nH]ncc1C(=O)OCC. The molecule has 2 N–H and O–H groups in total. The van der Waals surface area contributed by atoms with Crippen LogP contribution in [0.4, 0.5) is 0 Å². The Bertz CT molecular complexity index is 495. The molecule has 0 bridgehead atoms. The van der Waals surface area contributed by atoms with Gasteiger partial charge in [-0.3, -0.25) is 5.10 Å². The molecule has 0 unspecified atom stereocenters. The first kappa shape index (κ1) is 14.7. The molecule has 1 heterocycles. The minimum Gasteiger partial charge on any atom is -0.462 e. The van der Waals surface area contributed by atoms with Crippen LogP contribution in [0, 0.1) is 0 Å². The van der Waals surface area contributed by atoms with Crippen LogP contribution < -0.4 is 4.72 Å². The van der Waals surface area contributed by atoms with Gasteiger partial charge in [0.05, 0.1) is 12.8 Å². The number of nitrogens with one attached hydrogen (secondary N) is 2. The Hall–Kier alpha value is -1.41. The molecule has 0 fully saturated rings. The van der Waals surface area contributed by atoms with Gasteiger partial charge in [-0.15, -0.1) is 0 Å². The van der Waals surface area contributed by atoms with E-state index in [0.29, 0.717) is 6.54 Å². The van der Waals surface area contributed by atoms with Crippen molar-refractivity contribution in [3.8, 4) is 0 Å². The van der Waals surface area contributed by atoms with Crippen molar-refractivity contribution in [1.29, 1.82) is 0 Å². The van der Waals surface area contributed by atoms with Crippen LogP contribution in [0.2, 0.25) is 0 Å². The number of rotatable bonds is 7. The zero-order chi connectivity index (χ0) is 13.6. The van der Waals surface area contributed by atoms with Gasteiger partial charge in [0, 0.05) is 6.54 Å². The van der Waals surface area contributed by atoms with Gasteiger partial charge >= 0.3 is 5.97 Å². The van der Waals surface area contributed by atoms with E-state index in [2.05, 4.69) is 14.9 Å². The van der Waals surface area contributed by atoms with Crippen LogP contribution in [-0.2, 0) is 14.8 Å². The molecule has 18 heavy (non-hydrogen) atoms. The number of carbonyl (C=O) groups excluding carboxylic acids is 1. The maximum absolute atomic E-state index is 11.9. The van der Waals surface area contributed by atoms with Crippen molar-refractivity contribution in [2.45, 2.75) is 31.7 Å². The van der Waals surface area contributed by atoms with E-state index in [-0.39, 0.29) is 17.2 Å². The van der Waals surface area contributed by atoms with Crippen molar-refractivity contribution < 1.29 is 17.9 Å². The summed E-state index contributed by atoms with van der Waals surface area (Å²) in [6.45, 7) is 4.09. The van der Waals surface area contributed by atoms with Crippen LogP contribution in [0.15, 0.2) is 11.2 Å². The van der Waals surface area contributed by atoms with Crippen LogP contribution in [0.5, 0.6) is 0 Å². The predicted molar refractivity (Wildman–Crippen MR) is 64.6 cm³/mol. The highest BCUT2D eigenvalue weighted by atomic mass is 32.2. The molecule has 0 aliphatic rings. The lowest BCUT2D eigenvalue weighted by molar-refractivity contribution is 0.0522. The molecular weight excluding hydrogens is 258 g/mol. The quantitative estimate of drug-likeness (QED) is 0.562. The molecule has 0 aliphatic heterocycles. The normalized spacial score (nSPS) is 11.4. The first-order valence-electron chi connectivity index (χ1n) is 5.73. The standard InChI is InChI=1S/C10H17N3O4S/c1-3-5-6-12-18(15,16)9-8(7-11-13-9)10(14)17-4-2/h7,12H,3-6H2,1-2H3,(H,11,13). The number of nitrogens with zero attached hydrogens (tertiary/aromatic N) is 1. The molecule has 0 aliphatic carbocycles. The zero-order valence-electron chi connectivity index (χ0n) is 10.4. The van der Waals surface area contributed by atoms with E-state index < -0.39 is 16.0 Å². The van der Waals surface area contributed by atoms with Crippen LogP contribution in [0.3, 0.4) is 0 Å². The number of H-pyrrole nitrogens is 1. The number of aromatic nitrogens is 2. The summed E-state index contributed by atoms with van der Waals surface area (Å²) in [5.41, 5.74) is -0.0825. The molecule has 0 amide bonds. The molecule has 102 valence electrons. The number of ether oxygens (including phenoxy) is 1. The Morgan fingerprint density at radius 3 is 2.83 bits per heavy atom. The fraction of sp³-hybridized carbons (Fsp3) is 0.600. The third-order valence-electron chi connectivity index (χ3n) is 2.19. The second-order valence-electron chi connectivity index (χ2n) is 3.58. The molecule has 0 atom stereocenters. The maximum Gasteiger partial charge on any atom is 0.342 e. The maximum atomic E-state index is 11.9. The molecule has 0 radical (unpaired) electrons. The Morgan fingerprint density at radius 2 is 2.22 bits per heavy atom. The van der Waals surface area contributed by atoms with Gasteiger partial charge in [-0.05, 0) is 13.3 Å². The predicted octanol–water partition coefficient (Wildman–Crippen LogP) is 0.665. The fourth-order valence-corrected chi connectivity index (χ4v) is 2.44. The summed E-state index contributed by atoms with van der Waals surface area (Å²) in [4.78, 5) is 11.5. The average Bonchev–Trinajstić information content (AvgIpc) is 2.79. The highest BCUT2D eigenvalue weighted by Gasteiger charge is 2.25. The van der Waals surface area contributed by atoms with Gasteiger partial charge in [0.2, 0.25) is 0 Å². The van der Waals surface area contributed by atoms with E-state index in [9.17, 15) is 13.2 Å². The smallest absolute Gasteiger partial charge is 0.342 e. The highest BCUT2D eigenvalue weighted by molar-refractivity contribution is 7.89. The summed E-state index contributed by atoms with van der Waals surface area (Å²) in [5.74, 6) is -0.706. The molecule has 7 nitrogen and oxygen atoms in total. The molecular formula is C10H17N3O4S. The fourth-order valence-electron chi connectivity index (χ4n) is 1.29. The van der Waals surface area contributed by atoms with Crippen LogP contribution in [0.1, 0.15) is 37.0 Å². The van der Waals surface area contributed by atoms with Crippen molar-refractivity contribution in [2.24, 2.45) is 0 Å². The molecule has 1 aromatic rings. The van der Waals surface area contributed by atoms with Gasteiger partial charge in [0.25, 0.3) is 10.0 Å². The number of carbonyl (C=O) groups is 1. The Kier molecular flexibility index (Phi) is 5.29. The topological polar surface area (TPSA) is 101 Å². The van der Waals surface area contributed by atoms with E-state index in [4.69, 9.17) is 4.74 Å². The lowest BCUT2D eigenvalue weighted by atomic mass is 10.3. The summed E-state index contributed by atoms with van der Waals surface area (Å²) in [6, 6.07) is 0. The third kappa shape index (κ3) is 3.54. The number of hydrogen-bond donors (Lipinski definition) is 2. The van der Waals surface area contributed by atoms with Crippen LogP contribution in [0.25, 0.3) is 0 Å². The van der Waals surface area contributed by atoms with Crippen molar-refractivity contribution in [1.82, 2.24) is 14.9 Å². The zero-order valence-corrected chi connectivity index (χ0v) is 11.2. The van der Waals surface area contributed by atoms with Gasteiger partial charge in [-0.25, -0.2) is 17.9 Å². The van der Waals surface area contributed by atoms with Crippen molar-refractivity contribution in [3.63, 3.8) is 0 Å². The number of unbranched alkanes of at least 4 members (excludes halogenated alkanes) is 1. The van der Waals surface area contributed by atoms with Gasteiger partial charge in [-0.2, -0.15) is 5.10 Å². The Balaban J connectivity index is 2.89. The number of hydrogen-bond acceptors (Lipinski definition) is 5. The summed E-state index contributed by atoms with van der Waals surface area (Å²) in [7, 11) is -3.75. The van der Waals surface area contributed by atoms with Crippen molar-refractivity contribution in [2.75, 3.05) is 13.2 Å². The minimum atomic E-state index is -3.75. The molecule has 0 saturated heterocycles. The largest absolute Gasteiger partial charge is 0.462 e. The average molecular weight is 275 g/mol. The molecule has 0 saturated carbocycles. The van der Waals surface area contributed by atoms with E-state index in [0.717, 1.165) is 19.0 Å². The van der Waals surface area contributed by atoms with Crippen LogP contribution in [-0.4, -0.2) is 37.7 Å². The first-order chi connectivity index (χ1) is 8.53. The van der Waals surface area contributed by atoms with Crippen LogP contribution >= 0.6 is 0 Å². The van der Waals surface area contributed by atoms with Gasteiger partial charge < -0.3 is 4.74 Å². The summed E-state index contributed by atoms with van der Waals surface area (Å²) >= 11 is 0. The van der Waals surface area contributed by atoms with Crippen molar-refractivity contribution in [3.05, 3.63) is 11.8 Å². The molecule has 0 spiro atoms. The number of aromatic amines is 1. The Morgan fingerprint density at radius 1 is 1.50 bits per heavy atom. The van der Waals surface area contributed by atoms with E-state index in [1.54, 1.807) is 6.92 Å². The molecule has 1 aromatic heterocycles. The highest BCUT2D eigenvalue weighted by Crippen LogP contribution is 2.13. The number of sulfonamides is 1. The summed E-state index contributed by atoms with van der Waals surface area (Å²) in [6.07, 6.45) is 2.74. The molecule has 0 aromatic carbocycles. The van der Waals surface area contributed by atoms with E-state index in [1.807, 2.05) is 6.92 Å². The van der Waals surface area contributed by atoms with Gasteiger partial charge in [-0.1, -0.05) is 13.3 Å². The van der Waals surface area contributed by atoms with E-state index >= 15 is 0 Å². The molecule has 8 heteroatoms. The van der Waals surface area contributed by atoms with Gasteiger partial charge in [0.15, 0.2) is 5.03 Å². The number of esters is 1. The summed E-state index contributed by atoms with van der Waals surface area (Å²) in [5, 5.41) is 5.63. The second-order valence-corrected chi connectivity index (χ2v) is 5.29. The molecule has 1 rings (SSSR count). The lowest BCUT2D eigenvalue weighted by Crippen LogP contribution is -2.26. The third-order valence-corrected chi connectivity index (χ3v) is 3.62. The second kappa shape index (κ2) is 6.50. The monoisotopic (exact) mass is 275 g/mol. The first-order valence-corrected chi connectivity index (χ1v) is 7.21.